The number of hydrogen-bond acceptors (Lipinski definition) is 6. The third kappa shape index (κ3) is 7.39. The van der Waals surface area contributed by atoms with Crippen LogP contribution in [0.4, 0.5) is 17.6 Å². The molecule has 35 heavy (non-hydrogen) atoms. The first-order valence-electron chi connectivity index (χ1n) is 12.1. The van der Waals surface area contributed by atoms with Gasteiger partial charge in [-0.1, -0.05) is 11.3 Å². The molecule has 0 saturated heterocycles. The highest BCUT2D eigenvalue weighted by Gasteiger charge is 2.26. The van der Waals surface area contributed by atoms with Crippen molar-refractivity contribution in [1.82, 2.24) is 25.0 Å². The lowest BCUT2D eigenvalue weighted by atomic mass is 9.84. The Hall–Kier alpha value is -2.21. The topological polar surface area (TPSA) is 72.3 Å². The number of hydrogen-bond donors (Lipinski definition) is 1. The van der Waals surface area contributed by atoms with E-state index in [1.807, 2.05) is 0 Å². The molecule has 1 atom stereocenters. The summed E-state index contributed by atoms with van der Waals surface area (Å²) in [6, 6.07) is 0.181. The molecule has 2 aliphatic rings. The summed E-state index contributed by atoms with van der Waals surface area (Å²) in [5, 5.41) is 6.93. The van der Waals surface area contributed by atoms with E-state index in [2.05, 4.69) is 25.0 Å². The first-order valence-corrected chi connectivity index (χ1v) is 12.9. The minimum Gasteiger partial charge on any atom is -0.429 e. The van der Waals surface area contributed by atoms with Gasteiger partial charge in [0.15, 0.2) is 6.80 Å². The fraction of sp³-hybridized carbons (Fsp3) is 0.696. The minimum atomic E-state index is -3.18. The molecule has 3 heterocycles. The summed E-state index contributed by atoms with van der Waals surface area (Å²) in [6.45, 7) is 1.97. The van der Waals surface area contributed by atoms with Crippen molar-refractivity contribution in [2.24, 2.45) is 5.92 Å². The number of ether oxygens (including phenoxy) is 1. The van der Waals surface area contributed by atoms with Crippen LogP contribution in [0.1, 0.15) is 48.2 Å². The van der Waals surface area contributed by atoms with Crippen molar-refractivity contribution in [3.8, 4) is 5.19 Å². The third-order valence-electron chi connectivity index (χ3n) is 6.73. The molecule has 1 amide bonds. The molecular weight excluding hydrogens is 486 g/mol. The molecule has 7 nitrogen and oxygen atoms in total. The average molecular weight is 518 g/mol. The summed E-state index contributed by atoms with van der Waals surface area (Å²) in [4.78, 5) is 19.9. The van der Waals surface area contributed by atoms with E-state index in [4.69, 9.17) is 0 Å². The molecule has 0 radical (unpaired) electrons. The van der Waals surface area contributed by atoms with E-state index in [9.17, 15) is 22.4 Å². The van der Waals surface area contributed by atoms with Crippen LogP contribution in [0.3, 0.4) is 0 Å². The Morgan fingerprint density at radius 1 is 1.20 bits per heavy atom. The van der Waals surface area contributed by atoms with Gasteiger partial charge in [-0.25, -0.2) is 22.8 Å². The van der Waals surface area contributed by atoms with Crippen molar-refractivity contribution in [2.45, 2.75) is 77.0 Å². The molecule has 1 aliphatic heterocycles. The van der Waals surface area contributed by atoms with Crippen molar-refractivity contribution >= 4 is 17.2 Å². The first kappa shape index (κ1) is 25.9. The zero-order chi connectivity index (χ0) is 24.8. The molecule has 194 valence electrons. The normalized spacial score (nSPS) is 22.0. The zero-order valence-electron chi connectivity index (χ0n) is 19.5. The summed E-state index contributed by atoms with van der Waals surface area (Å²) >= 11 is 1.16. The SMILES string of the molecule is O=C(Cc1cnn(CF)c1)NC1CCC(CCN2CCc3nc(OC(F)C(F)F)sc3CC2)CC1. The van der Waals surface area contributed by atoms with Crippen LogP contribution >= 0.6 is 11.3 Å². The van der Waals surface area contributed by atoms with Gasteiger partial charge in [-0.05, 0) is 56.6 Å². The number of aromatic nitrogens is 3. The van der Waals surface area contributed by atoms with E-state index in [1.165, 1.54) is 6.20 Å². The number of carbonyl (C=O) groups is 1. The number of nitrogens with zero attached hydrogens (tertiary/aromatic N) is 4. The number of fused-ring (bicyclic) bond motifs is 1. The first-order chi connectivity index (χ1) is 16.9. The quantitative estimate of drug-likeness (QED) is 0.484. The molecule has 2 aromatic rings. The summed E-state index contributed by atoms with van der Waals surface area (Å²) in [5.41, 5.74) is 1.53. The van der Waals surface area contributed by atoms with Crippen LogP contribution in [0.2, 0.25) is 0 Å². The fourth-order valence-corrected chi connectivity index (χ4v) is 5.76. The number of carbonyl (C=O) groups excluding carboxylic acids is 1. The second-order valence-electron chi connectivity index (χ2n) is 9.25. The molecule has 1 saturated carbocycles. The van der Waals surface area contributed by atoms with Crippen molar-refractivity contribution in [1.29, 1.82) is 0 Å². The molecule has 4 rings (SSSR count). The van der Waals surface area contributed by atoms with Crippen molar-refractivity contribution in [2.75, 3.05) is 19.6 Å². The highest BCUT2D eigenvalue weighted by atomic mass is 32.1. The molecule has 12 heteroatoms. The summed E-state index contributed by atoms with van der Waals surface area (Å²) in [5.74, 6) is 0.569. The van der Waals surface area contributed by atoms with Gasteiger partial charge in [0.05, 0.1) is 18.3 Å². The van der Waals surface area contributed by atoms with Gasteiger partial charge in [-0.15, -0.1) is 0 Å². The summed E-state index contributed by atoms with van der Waals surface area (Å²) in [6.07, 6.45) is 4.07. The fourth-order valence-electron chi connectivity index (χ4n) is 4.80. The Labute approximate surface area is 205 Å². The molecular formula is C23H31F4N5O2S. The second kappa shape index (κ2) is 12.2. The largest absolute Gasteiger partial charge is 0.429 e. The lowest BCUT2D eigenvalue weighted by Gasteiger charge is -2.30. The van der Waals surface area contributed by atoms with Gasteiger partial charge in [0.2, 0.25) is 5.91 Å². The Morgan fingerprint density at radius 2 is 1.97 bits per heavy atom. The molecule has 0 spiro atoms. The van der Waals surface area contributed by atoms with Crippen LogP contribution in [-0.4, -0.2) is 64.0 Å². The average Bonchev–Trinajstić information content (AvgIpc) is 3.40. The van der Waals surface area contributed by atoms with Crippen molar-refractivity contribution < 1.29 is 27.1 Å². The van der Waals surface area contributed by atoms with Gasteiger partial charge in [-0.2, -0.15) is 9.49 Å². The highest BCUT2D eigenvalue weighted by Crippen LogP contribution is 2.31. The Morgan fingerprint density at radius 3 is 2.69 bits per heavy atom. The predicted molar refractivity (Wildman–Crippen MR) is 123 cm³/mol. The smallest absolute Gasteiger partial charge is 0.304 e. The van der Waals surface area contributed by atoms with Gasteiger partial charge in [0.25, 0.3) is 5.19 Å². The number of halogens is 4. The van der Waals surface area contributed by atoms with E-state index < -0.39 is 19.6 Å². The van der Waals surface area contributed by atoms with Crippen LogP contribution in [0.5, 0.6) is 5.19 Å². The molecule has 1 fully saturated rings. The van der Waals surface area contributed by atoms with E-state index in [1.54, 1.807) is 6.20 Å². The maximum absolute atomic E-state index is 13.1. The molecule has 1 aliphatic carbocycles. The van der Waals surface area contributed by atoms with Crippen molar-refractivity contribution in [3.05, 3.63) is 28.5 Å². The molecule has 0 aromatic carbocycles. The zero-order valence-corrected chi connectivity index (χ0v) is 20.3. The van der Waals surface area contributed by atoms with E-state index >= 15 is 0 Å². The van der Waals surface area contributed by atoms with Crippen LogP contribution in [0, 0.1) is 5.92 Å². The number of alkyl halides is 4. The Balaban J connectivity index is 1.13. The highest BCUT2D eigenvalue weighted by molar-refractivity contribution is 7.13. The lowest BCUT2D eigenvalue weighted by Crippen LogP contribution is -2.39. The molecule has 1 N–H and O–H groups in total. The maximum Gasteiger partial charge on any atom is 0.304 e. The van der Waals surface area contributed by atoms with Crippen molar-refractivity contribution in [3.63, 3.8) is 0 Å². The third-order valence-corrected chi connectivity index (χ3v) is 7.78. The molecule has 2 aromatic heterocycles. The van der Waals surface area contributed by atoms with Gasteiger partial charge in [-0.3, -0.25) is 4.79 Å². The standard InChI is InChI=1S/C23H31F4N5O2S/c24-14-32-13-16(12-28-32)11-20(33)29-17-3-1-15(2-4-17)5-8-31-9-6-18-19(7-10-31)35-23(30-18)34-22(27)21(25)26/h12-13,15,17,21-22H,1-11,14H2,(H,29,33). The van der Waals surface area contributed by atoms with Gasteiger partial charge in [0.1, 0.15) is 0 Å². The summed E-state index contributed by atoms with van der Waals surface area (Å²) in [7, 11) is 0. The van der Waals surface area contributed by atoms with Crippen LogP contribution < -0.4 is 10.1 Å². The number of amides is 1. The molecule has 0 bridgehead atoms. The van der Waals surface area contributed by atoms with Crippen LogP contribution in [-0.2, 0) is 30.9 Å². The number of nitrogens with one attached hydrogen (secondary N) is 1. The predicted octanol–water partition coefficient (Wildman–Crippen LogP) is 3.91. The van der Waals surface area contributed by atoms with Crippen LogP contribution in [0.25, 0.3) is 0 Å². The monoisotopic (exact) mass is 517 g/mol. The van der Waals surface area contributed by atoms with E-state index in [0.29, 0.717) is 17.9 Å². The van der Waals surface area contributed by atoms with Gasteiger partial charge >= 0.3 is 12.8 Å². The van der Waals surface area contributed by atoms with E-state index in [0.717, 1.165) is 84.7 Å². The summed E-state index contributed by atoms with van der Waals surface area (Å²) < 4.78 is 56.2. The number of rotatable bonds is 10. The number of thiazole rings is 1. The van der Waals surface area contributed by atoms with E-state index in [-0.39, 0.29) is 23.6 Å². The van der Waals surface area contributed by atoms with Gasteiger partial charge in [0, 0.05) is 36.6 Å². The van der Waals surface area contributed by atoms with Gasteiger partial charge < -0.3 is 15.0 Å². The Kier molecular flexibility index (Phi) is 8.99. The lowest BCUT2D eigenvalue weighted by molar-refractivity contribution is -0.121. The maximum atomic E-state index is 13.1. The second-order valence-corrected chi connectivity index (χ2v) is 10.3. The molecule has 1 unspecified atom stereocenters. The Bertz CT molecular complexity index is 938. The van der Waals surface area contributed by atoms with Crippen LogP contribution in [0.15, 0.2) is 12.4 Å². The minimum absolute atomic E-state index is 0.0186.